The van der Waals surface area contributed by atoms with Crippen molar-refractivity contribution in [2.24, 2.45) is 0 Å². The molecule has 2 nitrogen and oxygen atoms in total. The number of rotatable bonds is 4. The molecule has 0 aliphatic carbocycles. The van der Waals surface area contributed by atoms with Crippen molar-refractivity contribution in [2.75, 3.05) is 0 Å². The molecule has 0 heterocycles. The zero-order valence-electron chi connectivity index (χ0n) is 10.8. The van der Waals surface area contributed by atoms with Crippen LogP contribution in [-0.4, -0.2) is 11.5 Å². The lowest BCUT2D eigenvalue weighted by Gasteiger charge is -2.17. The first-order chi connectivity index (χ1) is 9.85. The van der Waals surface area contributed by atoms with Gasteiger partial charge in [-0.3, -0.25) is 0 Å². The molecule has 1 atom stereocenters. The Bertz CT molecular complexity index is 614. The van der Waals surface area contributed by atoms with Crippen LogP contribution in [-0.2, 0) is 6.42 Å². The van der Waals surface area contributed by atoms with Gasteiger partial charge in [0.1, 0.15) is 5.75 Å². The van der Waals surface area contributed by atoms with Gasteiger partial charge in [0, 0.05) is 17.0 Å². The van der Waals surface area contributed by atoms with E-state index in [0.29, 0.717) is 5.02 Å². The summed E-state index contributed by atoms with van der Waals surface area (Å²) in [5.41, 5.74) is 0.798. The molecule has 2 aromatic carbocycles. The summed E-state index contributed by atoms with van der Waals surface area (Å²) in [5.74, 6) is -0.403. The largest absolute Gasteiger partial charge is 0.573 e. The highest BCUT2D eigenvalue weighted by Gasteiger charge is 2.32. The summed E-state index contributed by atoms with van der Waals surface area (Å²) in [6, 6.07) is 12.3. The Hall–Kier alpha value is -1.72. The molecule has 0 fully saturated rings. The van der Waals surface area contributed by atoms with E-state index in [9.17, 15) is 18.3 Å². The minimum absolute atomic E-state index is 0.0785. The lowest BCUT2D eigenvalue weighted by atomic mass is 10.0. The Balaban J connectivity index is 2.21. The highest BCUT2D eigenvalue weighted by Crippen LogP contribution is 2.31. The van der Waals surface area contributed by atoms with Gasteiger partial charge in [-0.1, -0.05) is 41.9 Å². The lowest BCUT2D eigenvalue weighted by Crippen LogP contribution is -2.19. The molecule has 0 aromatic heterocycles. The molecule has 0 spiro atoms. The van der Waals surface area contributed by atoms with Crippen LogP contribution < -0.4 is 4.74 Å². The number of benzene rings is 2. The van der Waals surface area contributed by atoms with Gasteiger partial charge >= 0.3 is 6.36 Å². The molecule has 0 saturated carbocycles. The van der Waals surface area contributed by atoms with Crippen LogP contribution in [0.3, 0.4) is 0 Å². The molecule has 21 heavy (non-hydrogen) atoms. The van der Waals surface area contributed by atoms with Gasteiger partial charge in [-0.2, -0.15) is 0 Å². The van der Waals surface area contributed by atoms with E-state index >= 15 is 0 Å². The van der Waals surface area contributed by atoms with E-state index in [0.717, 1.165) is 5.56 Å². The second-order valence-corrected chi connectivity index (χ2v) is 4.87. The maximum Gasteiger partial charge on any atom is 0.573 e. The monoisotopic (exact) mass is 316 g/mol. The fourth-order valence-electron chi connectivity index (χ4n) is 1.97. The van der Waals surface area contributed by atoms with Gasteiger partial charge in [-0.15, -0.1) is 13.2 Å². The molecular formula is C15H12ClF3O2. The van der Waals surface area contributed by atoms with Crippen molar-refractivity contribution in [3.05, 3.63) is 64.7 Å². The number of aliphatic hydroxyl groups excluding tert-OH is 1. The first-order valence-electron chi connectivity index (χ1n) is 6.12. The summed E-state index contributed by atoms with van der Waals surface area (Å²) in [4.78, 5) is 0. The number of para-hydroxylation sites is 1. The van der Waals surface area contributed by atoms with Crippen LogP contribution in [0.2, 0.25) is 5.02 Å². The van der Waals surface area contributed by atoms with Crippen LogP contribution >= 0.6 is 11.6 Å². The molecule has 0 amide bonds. The number of hydrogen-bond acceptors (Lipinski definition) is 2. The zero-order valence-corrected chi connectivity index (χ0v) is 11.5. The van der Waals surface area contributed by atoms with Crippen LogP contribution in [0.5, 0.6) is 5.75 Å². The van der Waals surface area contributed by atoms with E-state index in [1.165, 1.54) is 18.2 Å². The number of alkyl halides is 3. The Morgan fingerprint density at radius 3 is 2.48 bits per heavy atom. The molecule has 0 saturated heterocycles. The minimum atomic E-state index is -4.80. The average Bonchev–Trinajstić information content (AvgIpc) is 2.37. The van der Waals surface area contributed by atoms with Crippen LogP contribution in [0, 0.1) is 0 Å². The topological polar surface area (TPSA) is 29.5 Å². The standard InChI is InChI=1S/C15H12ClF3O2/c16-11-5-3-4-10(8-11)9-13(20)12-6-1-2-7-14(12)21-15(17,18)19/h1-8,13,20H,9H2. The smallest absolute Gasteiger partial charge is 0.405 e. The number of hydrogen-bond donors (Lipinski definition) is 1. The van der Waals surface area contributed by atoms with E-state index in [4.69, 9.17) is 11.6 Å². The van der Waals surface area contributed by atoms with E-state index in [1.54, 1.807) is 30.3 Å². The van der Waals surface area contributed by atoms with E-state index in [-0.39, 0.29) is 12.0 Å². The second-order valence-electron chi connectivity index (χ2n) is 4.44. The van der Waals surface area contributed by atoms with Gasteiger partial charge in [-0.25, -0.2) is 0 Å². The number of ether oxygens (including phenoxy) is 1. The molecule has 0 aliphatic heterocycles. The zero-order chi connectivity index (χ0) is 15.5. The maximum absolute atomic E-state index is 12.3. The molecule has 112 valence electrons. The number of aliphatic hydroxyl groups is 1. The van der Waals surface area contributed by atoms with Crippen LogP contribution in [0.4, 0.5) is 13.2 Å². The first-order valence-corrected chi connectivity index (χ1v) is 6.50. The van der Waals surface area contributed by atoms with Crippen molar-refractivity contribution in [3.63, 3.8) is 0 Å². The van der Waals surface area contributed by atoms with Crippen LogP contribution in [0.15, 0.2) is 48.5 Å². The summed E-state index contributed by atoms with van der Waals surface area (Å²) < 4.78 is 41.0. The van der Waals surface area contributed by atoms with Crippen molar-refractivity contribution in [3.8, 4) is 5.75 Å². The normalized spacial score (nSPS) is 13.0. The fourth-order valence-corrected chi connectivity index (χ4v) is 2.18. The van der Waals surface area contributed by atoms with Crippen molar-refractivity contribution < 1.29 is 23.0 Å². The van der Waals surface area contributed by atoms with E-state index in [2.05, 4.69) is 4.74 Å². The fraction of sp³-hybridized carbons (Fsp3) is 0.200. The Labute approximate surface area is 124 Å². The molecular weight excluding hydrogens is 305 g/mol. The quantitative estimate of drug-likeness (QED) is 0.899. The molecule has 0 radical (unpaired) electrons. The third kappa shape index (κ3) is 4.65. The van der Waals surface area contributed by atoms with Crippen molar-refractivity contribution in [2.45, 2.75) is 18.9 Å². The molecule has 2 rings (SSSR count). The highest BCUT2D eigenvalue weighted by molar-refractivity contribution is 6.30. The van der Waals surface area contributed by atoms with E-state index < -0.39 is 18.2 Å². The van der Waals surface area contributed by atoms with Crippen molar-refractivity contribution in [1.29, 1.82) is 0 Å². The second kappa shape index (κ2) is 6.37. The summed E-state index contributed by atoms with van der Waals surface area (Å²) in [6.07, 6.45) is -5.79. The molecule has 1 N–H and O–H groups in total. The van der Waals surface area contributed by atoms with Gasteiger partial charge < -0.3 is 9.84 Å². The Morgan fingerprint density at radius 1 is 1.10 bits per heavy atom. The SMILES string of the molecule is OC(Cc1cccc(Cl)c1)c1ccccc1OC(F)(F)F. The number of halogens is 4. The van der Waals surface area contributed by atoms with Crippen molar-refractivity contribution >= 4 is 11.6 Å². The molecule has 1 unspecified atom stereocenters. The summed E-state index contributed by atoms with van der Waals surface area (Å²) in [7, 11) is 0. The van der Waals surface area contributed by atoms with Crippen LogP contribution in [0.1, 0.15) is 17.2 Å². The third-order valence-electron chi connectivity index (χ3n) is 2.82. The summed E-state index contributed by atoms with van der Waals surface area (Å²) in [6.45, 7) is 0. The highest BCUT2D eigenvalue weighted by atomic mass is 35.5. The molecule has 2 aromatic rings. The van der Waals surface area contributed by atoms with Gasteiger partial charge in [0.05, 0.1) is 6.10 Å². The van der Waals surface area contributed by atoms with Crippen molar-refractivity contribution in [1.82, 2.24) is 0 Å². The summed E-state index contributed by atoms with van der Waals surface area (Å²) in [5, 5.41) is 10.7. The van der Waals surface area contributed by atoms with Gasteiger partial charge in [0.2, 0.25) is 0 Å². The Morgan fingerprint density at radius 2 is 1.81 bits per heavy atom. The van der Waals surface area contributed by atoms with Gasteiger partial charge in [-0.05, 0) is 23.8 Å². The van der Waals surface area contributed by atoms with Gasteiger partial charge in [0.25, 0.3) is 0 Å². The minimum Gasteiger partial charge on any atom is -0.405 e. The summed E-state index contributed by atoms with van der Waals surface area (Å²) >= 11 is 5.84. The Kier molecular flexibility index (Phi) is 4.75. The van der Waals surface area contributed by atoms with Gasteiger partial charge in [0.15, 0.2) is 0 Å². The molecule has 6 heteroatoms. The first kappa shape index (κ1) is 15.7. The average molecular weight is 317 g/mol. The predicted octanol–water partition coefficient (Wildman–Crippen LogP) is 4.51. The molecule has 0 bridgehead atoms. The maximum atomic E-state index is 12.3. The molecule has 0 aliphatic rings. The third-order valence-corrected chi connectivity index (χ3v) is 3.06. The van der Waals surface area contributed by atoms with Crippen LogP contribution in [0.25, 0.3) is 0 Å². The lowest BCUT2D eigenvalue weighted by molar-refractivity contribution is -0.275. The van der Waals surface area contributed by atoms with E-state index in [1.807, 2.05) is 0 Å². The predicted molar refractivity (Wildman–Crippen MR) is 73.2 cm³/mol.